The lowest BCUT2D eigenvalue weighted by Crippen LogP contribution is -2.51. The summed E-state index contributed by atoms with van der Waals surface area (Å²) in [6.07, 6.45) is 5.26. The quantitative estimate of drug-likeness (QED) is 0.694. The van der Waals surface area contributed by atoms with Crippen LogP contribution in [0, 0.1) is 5.92 Å². The molecule has 28 heavy (non-hydrogen) atoms. The molecule has 2 saturated heterocycles. The average molecular weight is 453 g/mol. The van der Waals surface area contributed by atoms with E-state index < -0.39 is 6.04 Å². The van der Waals surface area contributed by atoms with Crippen molar-refractivity contribution in [1.82, 2.24) is 10.2 Å². The van der Waals surface area contributed by atoms with Crippen LogP contribution in [0.3, 0.4) is 0 Å². The molecule has 2 fully saturated rings. The van der Waals surface area contributed by atoms with Crippen LogP contribution in [0.15, 0.2) is 24.3 Å². The van der Waals surface area contributed by atoms with Crippen molar-refractivity contribution >= 4 is 42.3 Å². The number of amides is 1. The Balaban J connectivity index is 0.00000196. The number of ether oxygens (including phenoxy) is 1. The normalized spacial score (nSPS) is 21.9. The van der Waals surface area contributed by atoms with Crippen LogP contribution >= 0.6 is 36.4 Å². The van der Waals surface area contributed by atoms with E-state index in [-0.39, 0.29) is 36.6 Å². The van der Waals surface area contributed by atoms with Gasteiger partial charge in [-0.05, 0) is 55.8 Å². The van der Waals surface area contributed by atoms with Gasteiger partial charge in [0, 0.05) is 37.4 Å². The Morgan fingerprint density at radius 3 is 2.71 bits per heavy atom. The predicted molar refractivity (Wildman–Crippen MR) is 119 cm³/mol. The fraction of sp³-hybridized carbons (Fsp3) is 0.650. The number of nitrogens with one attached hydrogen (secondary N) is 1. The van der Waals surface area contributed by atoms with Gasteiger partial charge in [0.25, 0.3) is 0 Å². The molecular weight excluding hydrogens is 421 g/mol. The van der Waals surface area contributed by atoms with Crippen LogP contribution in [-0.2, 0) is 16.1 Å². The Labute approximate surface area is 185 Å². The first-order chi connectivity index (χ1) is 12.6. The summed E-state index contributed by atoms with van der Waals surface area (Å²) in [5, 5.41) is 3.87. The van der Waals surface area contributed by atoms with E-state index in [4.69, 9.17) is 22.1 Å². The van der Waals surface area contributed by atoms with E-state index in [1.807, 2.05) is 18.2 Å². The zero-order chi connectivity index (χ0) is 18.4. The van der Waals surface area contributed by atoms with Crippen LogP contribution in [0.5, 0.6) is 0 Å². The summed E-state index contributed by atoms with van der Waals surface area (Å²) in [6.45, 7) is 4.01. The number of likely N-dealkylation sites (tertiary alicyclic amines) is 1. The lowest BCUT2D eigenvalue weighted by molar-refractivity contribution is -0.124. The highest BCUT2D eigenvalue weighted by molar-refractivity contribution is 6.30. The van der Waals surface area contributed by atoms with E-state index in [1.165, 1.54) is 18.4 Å². The summed E-state index contributed by atoms with van der Waals surface area (Å²) in [6, 6.07) is 7.95. The number of carbonyl (C=O) groups excluding carboxylic acids is 1. The Hall–Kier alpha value is -0.560. The van der Waals surface area contributed by atoms with Gasteiger partial charge in [-0.25, -0.2) is 0 Å². The van der Waals surface area contributed by atoms with E-state index >= 15 is 0 Å². The second-order valence-electron chi connectivity index (χ2n) is 7.47. The van der Waals surface area contributed by atoms with Gasteiger partial charge in [0.1, 0.15) is 0 Å². The van der Waals surface area contributed by atoms with Crippen LogP contribution < -0.4 is 11.1 Å². The molecule has 1 amide bonds. The van der Waals surface area contributed by atoms with Gasteiger partial charge in [0.05, 0.1) is 6.04 Å². The molecule has 0 saturated carbocycles. The van der Waals surface area contributed by atoms with Gasteiger partial charge >= 0.3 is 0 Å². The molecule has 5 nitrogen and oxygen atoms in total. The number of piperidine rings is 1. The SMILES string of the molecule is Cl.Cl.NC(C(=O)NCC1CCCCN1Cc1cccc(Cl)c1)C1CCOCC1. The van der Waals surface area contributed by atoms with Gasteiger partial charge in [-0.15, -0.1) is 24.8 Å². The molecule has 2 aliphatic heterocycles. The number of halogens is 3. The third-order valence-corrected chi connectivity index (χ3v) is 5.85. The van der Waals surface area contributed by atoms with E-state index in [0.717, 1.165) is 37.4 Å². The predicted octanol–water partition coefficient (Wildman–Crippen LogP) is 3.41. The largest absolute Gasteiger partial charge is 0.381 e. The van der Waals surface area contributed by atoms with Gasteiger partial charge in [0.15, 0.2) is 0 Å². The molecule has 2 aliphatic rings. The zero-order valence-electron chi connectivity index (χ0n) is 16.1. The highest BCUT2D eigenvalue weighted by atomic mass is 35.5. The molecule has 0 aromatic heterocycles. The fourth-order valence-electron chi connectivity index (χ4n) is 3.99. The highest BCUT2D eigenvalue weighted by Crippen LogP contribution is 2.21. The van der Waals surface area contributed by atoms with Crippen LogP contribution in [0.1, 0.15) is 37.7 Å². The number of nitrogens with two attached hydrogens (primary N) is 1. The highest BCUT2D eigenvalue weighted by Gasteiger charge is 2.28. The minimum Gasteiger partial charge on any atom is -0.381 e. The van der Waals surface area contributed by atoms with Crippen molar-refractivity contribution in [2.75, 3.05) is 26.3 Å². The van der Waals surface area contributed by atoms with Gasteiger partial charge in [-0.2, -0.15) is 0 Å². The molecule has 0 spiro atoms. The summed E-state index contributed by atoms with van der Waals surface area (Å²) >= 11 is 6.11. The van der Waals surface area contributed by atoms with Crippen molar-refractivity contribution < 1.29 is 9.53 Å². The van der Waals surface area contributed by atoms with E-state index in [0.29, 0.717) is 25.8 Å². The molecule has 1 aromatic rings. The molecule has 8 heteroatoms. The topological polar surface area (TPSA) is 67.6 Å². The van der Waals surface area contributed by atoms with Crippen molar-refractivity contribution in [3.8, 4) is 0 Å². The molecule has 0 bridgehead atoms. The van der Waals surface area contributed by atoms with Crippen molar-refractivity contribution in [3.05, 3.63) is 34.9 Å². The number of carbonyl (C=O) groups is 1. The first-order valence-corrected chi connectivity index (χ1v) is 10.1. The second-order valence-corrected chi connectivity index (χ2v) is 7.91. The monoisotopic (exact) mass is 451 g/mol. The minimum atomic E-state index is -0.427. The second kappa shape index (κ2) is 12.9. The van der Waals surface area contributed by atoms with Crippen LogP contribution in [-0.4, -0.2) is 49.2 Å². The summed E-state index contributed by atoms with van der Waals surface area (Å²) in [4.78, 5) is 14.9. The lowest BCUT2D eigenvalue weighted by atomic mass is 9.91. The van der Waals surface area contributed by atoms with Crippen molar-refractivity contribution in [2.45, 2.75) is 50.7 Å². The lowest BCUT2D eigenvalue weighted by Gasteiger charge is -2.36. The molecule has 0 radical (unpaired) electrons. The smallest absolute Gasteiger partial charge is 0.237 e. The molecule has 3 rings (SSSR count). The molecule has 0 aliphatic carbocycles. The Morgan fingerprint density at radius 1 is 1.25 bits per heavy atom. The zero-order valence-corrected chi connectivity index (χ0v) is 18.5. The third-order valence-electron chi connectivity index (χ3n) is 5.61. The number of benzene rings is 1. The first-order valence-electron chi connectivity index (χ1n) is 9.73. The van der Waals surface area contributed by atoms with Crippen molar-refractivity contribution in [2.24, 2.45) is 11.7 Å². The molecule has 1 aromatic carbocycles. The first kappa shape index (κ1) is 25.5. The molecular formula is C20H32Cl3N3O2. The van der Waals surface area contributed by atoms with Crippen molar-refractivity contribution in [3.63, 3.8) is 0 Å². The Bertz CT molecular complexity index is 600. The maximum atomic E-state index is 12.5. The number of hydrogen-bond donors (Lipinski definition) is 2. The maximum absolute atomic E-state index is 12.5. The standard InChI is InChI=1S/C20H30ClN3O2.2ClH/c21-17-5-3-4-15(12-17)14-24-9-2-1-6-18(24)13-23-20(25)19(22)16-7-10-26-11-8-16;;/h3-5,12,16,18-19H,1-2,6-11,13-14,22H2,(H,23,25);2*1H. The number of rotatable bonds is 6. The maximum Gasteiger partial charge on any atom is 0.237 e. The summed E-state index contributed by atoms with van der Waals surface area (Å²) in [5.41, 5.74) is 7.40. The van der Waals surface area contributed by atoms with Gasteiger partial charge in [-0.1, -0.05) is 30.2 Å². The Morgan fingerprint density at radius 2 is 2.00 bits per heavy atom. The average Bonchev–Trinajstić information content (AvgIpc) is 2.67. The van der Waals surface area contributed by atoms with E-state index in [1.54, 1.807) is 0 Å². The molecule has 2 atom stereocenters. The van der Waals surface area contributed by atoms with E-state index in [2.05, 4.69) is 16.3 Å². The molecule has 2 unspecified atom stereocenters. The summed E-state index contributed by atoms with van der Waals surface area (Å²) in [7, 11) is 0. The number of hydrogen-bond acceptors (Lipinski definition) is 4. The van der Waals surface area contributed by atoms with E-state index in [9.17, 15) is 4.79 Å². The molecule has 160 valence electrons. The van der Waals surface area contributed by atoms with Gasteiger partial charge in [-0.3, -0.25) is 9.69 Å². The third kappa shape index (κ3) is 7.36. The Kier molecular flexibility index (Phi) is 11.7. The molecule has 3 N–H and O–H groups in total. The van der Waals surface area contributed by atoms with Crippen molar-refractivity contribution in [1.29, 1.82) is 0 Å². The summed E-state index contributed by atoms with van der Waals surface area (Å²) in [5.74, 6) is 0.211. The van der Waals surface area contributed by atoms with Gasteiger partial charge in [0.2, 0.25) is 5.91 Å². The van der Waals surface area contributed by atoms with Crippen LogP contribution in [0.2, 0.25) is 5.02 Å². The van der Waals surface area contributed by atoms with Crippen LogP contribution in [0.25, 0.3) is 0 Å². The minimum absolute atomic E-state index is 0. The van der Waals surface area contributed by atoms with Crippen LogP contribution in [0.4, 0.5) is 0 Å². The fourth-order valence-corrected chi connectivity index (χ4v) is 4.21. The number of nitrogens with zero attached hydrogens (tertiary/aromatic N) is 1. The summed E-state index contributed by atoms with van der Waals surface area (Å²) < 4.78 is 5.36. The molecule has 2 heterocycles. The van der Waals surface area contributed by atoms with Gasteiger partial charge < -0.3 is 15.8 Å².